The van der Waals surface area contributed by atoms with Crippen LogP contribution in [0.2, 0.25) is 0 Å². The van der Waals surface area contributed by atoms with Crippen molar-refractivity contribution in [3.05, 3.63) is 294 Å². The first-order chi connectivity index (χ1) is 37.5. The molecule has 0 fully saturated rings. The van der Waals surface area contributed by atoms with Gasteiger partial charge in [0.25, 0.3) is 0 Å². The zero-order valence-corrected chi connectivity index (χ0v) is 47.5. The van der Waals surface area contributed by atoms with Gasteiger partial charge in [-0.15, -0.1) is 48.1 Å². The quantitative estimate of drug-likeness (QED) is 0.0851. The predicted octanol–water partition coefficient (Wildman–Crippen LogP) is 18.3. The molecule has 0 spiro atoms. The fourth-order valence-corrected chi connectivity index (χ4v) is 12.6. The van der Waals surface area contributed by atoms with Gasteiger partial charge in [-0.25, -0.2) is 4.98 Å². The van der Waals surface area contributed by atoms with Gasteiger partial charge < -0.3 is 19.1 Å². The Bertz CT molecular complexity index is 3690. The number of fused-ring (bicyclic) bond motifs is 4. The summed E-state index contributed by atoms with van der Waals surface area (Å²) in [6.45, 7) is 18.5. The standard InChI is InChI=1S/C72H63N4O.Pt/c1-50(2)71(52-26-12-8-13-27-52,53-28-14-9-15-29-53)62-37-25-38-63(72(51(3)4,54-30-16-10-17-31-54)55-32-18-11-19-33-55)69(62)75-49-74(65-40-22-23-41-66(65)75)57-34-24-35-58(47-57)77-59-42-43-61-60-36-20-21-39-64(60)76(67(61)48-59)68-46-56(44-45-73-68)70(5,6)7;/h8-46,49-51H,1-7H3;/q-3;. The maximum atomic E-state index is 6.83. The molecule has 3 heterocycles. The van der Waals surface area contributed by atoms with Crippen molar-refractivity contribution < 1.29 is 25.8 Å². The van der Waals surface area contributed by atoms with Crippen LogP contribution in [0.4, 0.5) is 22.7 Å². The third-order valence-corrected chi connectivity index (χ3v) is 16.0. The Labute approximate surface area is 475 Å². The zero-order chi connectivity index (χ0) is 52.9. The van der Waals surface area contributed by atoms with Crippen molar-refractivity contribution >= 4 is 44.6 Å². The fourth-order valence-electron chi connectivity index (χ4n) is 12.6. The van der Waals surface area contributed by atoms with Crippen LogP contribution in [0.5, 0.6) is 11.5 Å². The maximum absolute atomic E-state index is 6.83. The Morgan fingerprint density at radius 1 is 0.462 bits per heavy atom. The largest absolute Gasteiger partial charge is 0.509 e. The topological polar surface area (TPSA) is 33.5 Å². The maximum Gasteiger partial charge on any atom is 0.135 e. The molecule has 0 aliphatic carbocycles. The minimum atomic E-state index is -0.588. The number of hydrogen-bond donors (Lipinski definition) is 0. The molecule has 0 radical (unpaired) electrons. The van der Waals surface area contributed by atoms with E-state index >= 15 is 0 Å². The van der Waals surface area contributed by atoms with E-state index in [1.54, 1.807) is 0 Å². The Balaban J connectivity index is 0.00000645. The molecule has 0 N–H and O–H groups in total. The second-order valence-electron chi connectivity index (χ2n) is 22.0. The van der Waals surface area contributed by atoms with Gasteiger partial charge in [0, 0.05) is 72.2 Å². The van der Waals surface area contributed by atoms with Crippen molar-refractivity contribution in [2.24, 2.45) is 11.8 Å². The Kier molecular flexibility index (Phi) is 14.1. The minimum absolute atomic E-state index is 0. The van der Waals surface area contributed by atoms with Crippen molar-refractivity contribution in [2.75, 3.05) is 9.80 Å². The van der Waals surface area contributed by atoms with E-state index in [1.165, 1.54) is 38.9 Å². The van der Waals surface area contributed by atoms with E-state index in [0.29, 0.717) is 11.5 Å². The van der Waals surface area contributed by atoms with Crippen LogP contribution in [0, 0.1) is 30.6 Å². The molecule has 0 amide bonds. The van der Waals surface area contributed by atoms with Gasteiger partial charge in [-0.05, 0) is 91.9 Å². The summed E-state index contributed by atoms with van der Waals surface area (Å²) in [4.78, 5) is 9.65. The molecule has 5 nitrogen and oxygen atoms in total. The summed E-state index contributed by atoms with van der Waals surface area (Å²) in [6.07, 6.45) is 1.91. The van der Waals surface area contributed by atoms with E-state index in [0.717, 1.165) is 50.4 Å². The number of rotatable bonds is 13. The summed E-state index contributed by atoms with van der Waals surface area (Å²) < 4.78 is 9.03. The fraction of sp³-hybridized carbons (Fsp3) is 0.167. The Morgan fingerprint density at radius 2 is 0.949 bits per heavy atom. The average molecular weight is 1200 g/mol. The van der Waals surface area contributed by atoms with E-state index in [4.69, 9.17) is 9.72 Å². The summed E-state index contributed by atoms with van der Waals surface area (Å²) in [7, 11) is 0. The van der Waals surface area contributed by atoms with E-state index in [1.807, 2.05) is 18.3 Å². The molecular formula is C72H63N4OPt-3. The molecule has 11 aromatic rings. The average Bonchev–Trinajstić information content (AvgIpc) is 4.06. The first-order valence-corrected chi connectivity index (χ1v) is 27.0. The van der Waals surface area contributed by atoms with Gasteiger partial charge in [0.15, 0.2) is 0 Å². The number of benzene rings is 9. The molecule has 0 saturated heterocycles. The number of nitrogens with zero attached hydrogens (tertiary/aromatic N) is 4. The van der Waals surface area contributed by atoms with Gasteiger partial charge in [0.05, 0.1) is 0 Å². The molecule has 12 rings (SSSR count). The van der Waals surface area contributed by atoms with Crippen LogP contribution in [-0.4, -0.2) is 9.55 Å². The van der Waals surface area contributed by atoms with E-state index in [-0.39, 0.29) is 38.3 Å². The molecule has 0 atom stereocenters. The van der Waals surface area contributed by atoms with Crippen molar-refractivity contribution in [1.29, 1.82) is 0 Å². The number of para-hydroxylation sites is 4. The molecule has 0 saturated carbocycles. The van der Waals surface area contributed by atoms with Crippen molar-refractivity contribution in [2.45, 2.75) is 64.7 Å². The first-order valence-electron chi connectivity index (χ1n) is 27.0. The molecular weight excluding hydrogens is 1130 g/mol. The zero-order valence-electron chi connectivity index (χ0n) is 45.3. The molecule has 1 aliphatic heterocycles. The monoisotopic (exact) mass is 1190 g/mol. The minimum Gasteiger partial charge on any atom is -0.509 e. The van der Waals surface area contributed by atoms with Gasteiger partial charge in [-0.1, -0.05) is 224 Å². The molecule has 390 valence electrons. The SMILES string of the molecule is CC(C)C(c1ccccc1)(c1ccccc1)c1cccc(C(c2ccccc2)(c2ccccc2)C(C)C)c1N1[CH-]N(c2[c-]c(Oc3[c-]c4c(cc3)c3ccccc3n4-c3cc(C(C)(C)C)ccn3)ccc2)c2ccccc21.[Pt]. The molecule has 78 heavy (non-hydrogen) atoms. The summed E-state index contributed by atoms with van der Waals surface area (Å²) in [5.41, 5.74) is 13.4. The predicted molar refractivity (Wildman–Crippen MR) is 318 cm³/mol. The number of hydrogen-bond acceptors (Lipinski definition) is 4. The van der Waals surface area contributed by atoms with Crippen LogP contribution in [-0.2, 0) is 37.3 Å². The summed E-state index contributed by atoms with van der Waals surface area (Å²) in [5.74, 6) is 2.27. The van der Waals surface area contributed by atoms with Crippen LogP contribution in [0.15, 0.2) is 237 Å². The van der Waals surface area contributed by atoms with Gasteiger partial charge in [-0.3, -0.25) is 0 Å². The molecule has 1 aliphatic rings. The molecule has 2 aromatic heterocycles. The number of ether oxygens (including phenoxy) is 1. The van der Waals surface area contributed by atoms with E-state index in [2.05, 4.69) is 300 Å². The molecule has 0 bridgehead atoms. The summed E-state index contributed by atoms with van der Waals surface area (Å²) in [5, 5.41) is 2.22. The van der Waals surface area contributed by atoms with E-state index in [9.17, 15) is 0 Å². The van der Waals surface area contributed by atoms with Crippen molar-refractivity contribution in [1.82, 2.24) is 9.55 Å². The molecule has 9 aromatic carbocycles. The third-order valence-electron chi connectivity index (χ3n) is 16.0. The summed E-state index contributed by atoms with van der Waals surface area (Å²) in [6, 6.07) is 90.9. The van der Waals surface area contributed by atoms with Gasteiger partial charge in [-0.2, -0.15) is 12.1 Å². The Morgan fingerprint density at radius 3 is 1.49 bits per heavy atom. The molecule has 6 heteroatoms. The number of anilines is 4. The van der Waals surface area contributed by atoms with Gasteiger partial charge in [0.1, 0.15) is 5.82 Å². The van der Waals surface area contributed by atoms with Crippen LogP contribution in [0.1, 0.15) is 87.4 Å². The number of pyridine rings is 1. The van der Waals surface area contributed by atoms with Crippen LogP contribution < -0.4 is 14.5 Å². The van der Waals surface area contributed by atoms with Crippen molar-refractivity contribution in [3.63, 3.8) is 0 Å². The van der Waals surface area contributed by atoms with Gasteiger partial charge >= 0.3 is 0 Å². The van der Waals surface area contributed by atoms with Gasteiger partial charge in [0.2, 0.25) is 0 Å². The van der Waals surface area contributed by atoms with Crippen LogP contribution >= 0.6 is 0 Å². The first kappa shape index (κ1) is 52.1. The molecule has 0 unspecified atom stereocenters. The third kappa shape index (κ3) is 8.73. The smallest absolute Gasteiger partial charge is 0.135 e. The second kappa shape index (κ2) is 21.1. The van der Waals surface area contributed by atoms with E-state index < -0.39 is 10.8 Å². The second-order valence-corrected chi connectivity index (χ2v) is 22.0. The van der Waals surface area contributed by atoms with Crippen LogP contribution in [0.25, 0.3) is 27.6 Å². The van der Waals surface area contributed by atoms with Crippen molar-refractivity contribution in [3.8, 4) is 17.3 Å². The number of aromatic nitrogens is 2. The van der Waals surface area contributed by atoms with Crippen LogP contribution in [0.3, 0.4) is 0 Å². The normalized spacial score (nSPS) is 12.8. The summed E-state index contributed by atoms with van der Waals surface area (Å²) >= 11 is 0. The Hall–Kier alpha value is -7.98.